The van der Waals surface area contributed by atoms with Gasteiger partial charge in [-0.15, -0.1) is 0 Å². The van der Waals surface area contributed by atoms with Crippen molar-refractivity contribution in [3.05, 3.63) is 23.8 Å². The van der Waals surface area contributed by atoms with Crippen molar-refractivity contribution in [2.75, 3.05) is 0 Å². The van der Waals surface area contributed by atoms with Crippen LogP contribution in [0.15, 0.2) is 23.8 Å². The first-order valence-electron chi connectivity index (χ1n) is 10.0. The Kier molecular flexibility index (Phi) is 5.38. The molecule has 1 aliphatic carbocycles. The minimum Gasteiger partial charge on any atom is -0.458 e. The fourth-order valence-corrected chi connectivity index (χ4v) is 5.46. The minimum absolute atomic E-state index is 0.00191. The van der Waals surface area contributed by atoms with Gasteiger partial charge in [0, 0.05) is 18.8 Å². The van der Waals surface area contributed by atoms with Crippen LogP contribution in [-0.4, -0.2) is 35.0 Å². The van der Waals surface area contributed by atoms with Crippen molar-refractivity contribution in [1.29, 1.82) is 0 Å². The molecule has 2 bridgehead atoms. The van der Waals surface area contributed by atoms with Gasteiger partial charge in [-0.1, -0.05) is 32.1 Å². The van der Waals surface area contributed by atoms with E-state index in [0.29, 0.717) is 42.9 Å². The number of aliphatic hydroxyl groups is 1. The molecule has 2 heterocycles. The highest BCUT2D eigenvalue weighted by Gasteiger charge is 2.56. The van der Waals surface area contributed by atoms with Crippen molar-refractivity contribution in [2.45, 2.75) is 84.2 Å². The second kappa shape index (κ2) is 7.12. The number of ether oxygens (including phenoxy) is 2. The zero-order chi connectivity index (χ0) is 19.2. The maximum atomic E-state index is 11.5. The van der Waals surface area contributed by atoms with Crippen LogP contribution < -0.4 is 0 Å². The molecular formula is C22H34O4. The zero-order valence-electron chi connectivity index (χ0n) is 16.8. The van der Waals surface area contributed by atoms with Crippen LogP contribution in [0.1, 0.15) is 60.3 Å². The Labute approximate surface area is 157 Å². The van der Waals surface area contributed by atoms with Gasteiger partial charge in [-0.05, 0) is 56.9 Å². The summed E-state index contributed by atoms with van der Waals surface area (Å²) in [6.45, 7) is 14.3. The Balaban J connectivity index is 1.97. The number of hydrogen-bond acceptors (Lipinski definition) is 4. The minimum atomic E-state index is -0.939. The van der Waals surface area contributed by atoms with Crippen molar-refractivity contribution < 1.29 is 19.4 Å². The van der Waals surface area contributed by atoms with Gasteiger partial charge in [-0.25, -0.2) is 0 Å². The molecule has 0 aromatic heterocycles. The molecule has 4 nitrogen and oxygen atoms in total. The fraction of sp³-hybridized carbons (Fsp3) is 0.773. The predicted octanol–water partition coefficient (Wildman–Crippen LogP) is 4.03. The number of allylic oxidation sites excluding steroid dienone is 1. The average Bonchev–Trinajstić information content (AvgIpc) is 2.92. The second-order valence-electron chi connectivity index (χ2n) is 9.15. The standard InChI is InChI=1S/C22H34O4/c1-12(2)16-8-7-13(3)19-18-11-14(4)17(25-15(5)23)9-10-22(6,24)21(26-18)20(16)19/h7,12,16-21,24H,4,8-11H2,1-3,5-6H3. The topological polar surface area (TPSA) is 55.8 Å². The van der Waals surface area contributed by atoms with E-state index >= 15 is 0 Å². The van der Waals surface area contributed by atoms with Crippen molar-refractivity contribution in [3.63, 3.8) is 0 Å². The predicted molar refractivity (Wildman–Crippen MR) is 102 cm³/mol. The Morgan fingerprint density at radius 2 is 2.15 bits per heavy atom. The largest absolute Gasteiger partial charge is 0.458 e. The molecule has 146 valence electrons. The SMILES string of the molecule is C=C1CC2OC(C3C(C(C)C)CC=C(C)C23)C(C)(O)CCC1OC(C)=O. The van der Waals surface area contributed by atoms with Crippen LogP contribution in [-0.2, 0) is 14.3 Å². The Morgan fingerprint density at radius 3 is 2.77 bits per heavy atom. The molecule has 0 amide bonds. The van der Waals surface area contributed by atoms with Gasteiger partial charge in [0.15, 0.2) is 0 Å². The molecule has 7 unspecified atom stereocenters. The number of fused-ring (bicyclic) bond motifs is 5. The zero-order valence-corrected chi connectivity index (χ0v) is 16.8. The molecule has 4 heteroatoms. The number of rotatable bonds is 2. The lowest BCUT2D eigenvalue weighted by molar-refractivity contribution is -0.146. The third kappa shape index (κ3) is 3.50. The van der Waals surface area contributed by atoms with Crippen molar-refractivity contribution in [2.24, 2.45) is 23.7 Å². The molecule has 3 rings (SSSR count). The van der Waals surface area contributed by atoms with Crippen molar-refractivity contribution in [3.8, 4) is 0 Å². The van der Waals surface area contributed by atoms with E-state index in [1.807, 2.05) is 6.92 Å². The number of carbonyl (C=O) groups is 1. The van der Waals surface area contributed by atoms with Gasteiger partial charge in [-0.2, -0.15) is 0 Å². The van der Waals surface area contributed by atoms with Gasteiger partial charge >= 0.3 is 5.97 Å². The fourth-order valence-electron chi connectivity index (χ4n) is 5.46. The van der Waals surface area contributed by atoms with Crippen LogP contribution >= 0.6 is 0 Å². The van der Waals surface area contributed by atoms with E-state index in [1.165, 1.54) is 12.5 Å². The molecule has 1 N–H and O–H groups in total. The third-order valence-corrected chi connectivity index (χ3v) is 6.83. The molecule has 2 saturated heterocycles. The lowest BCUT2D eigenvalue weighted by atomic mass is 9.62. The first kappa shape index (κ1) is 19.6. The molecule has 26 heavy (non-hydrogen) atoms. The second-order valence-corrected chi connectivity index (χ2v) is 9.15. The molecular weight excluding hydrogens is 328 g/mol. The summed E-state index contributed by atoms with van der Waals surface area (Å²) in [6, 6.07) is 0. The van der Waals surface area contributed by atoms with Crippen LogP contribution in [0.3, 0.4) is 0 Å². The quantitative estimate of drug-likeness (QED) is 0.595. The van der Waals surface area contributed by atoms with Crippen molar-refractivity contribution >= 4 is 5.97 Å². The van der Waals surface area contributed by atoms with E-state index in [9.17, 15) is 9.90 Å². The molecule has 0 spiro atoms. The molecule has 3 aliphatic rings. The highest BCUT2D eigenvalue weighted by Crippen LogP contribution is 2.53. The highest BCUT2D eigenvalue weighted by atomic mass is 16.5. The van der Waals surface area contributed by atoms with E-state index in [2.05, 4.69) is 33.4 Å². The van der Waals surface area contributed by atoms with Crippen LogP contribution in [0.4, 0.5) is 0 Å². The van der Waals surface area contributed by atoms with Gasteiger partial charge in [0.2, 0.25) is 0 Å². The van der Waals surface area contributed by atoms with Crippen LogP contribution in [0, 0.1) is 23.7 Å². The molecule has 2 fully saturated rings. The maximum absolute atomic E-state index is 11.5. The normalized spacial score (nSPS) is 43.2. The monoisotopic (exact) mass is 362 g/mol. The summed E-state index contributed by atoms with van der Waals surface area (Å²) < 4.78 is 12.0. The van der Waals surface area contributed by atoms with Gasteiger partial charge in [0.25, 0.3) is 0 Å². The summed E-state index contributed by atoms with van der Waals surface area (Å²) in [4.78, 5) is 11.5. The molecule has 0 saturated carbocycles. The summed E-state index contributed by atoms with van der Waals surface area (Å²) in [5.74, 6) is 1.40. The van der Waals surface area contributed by atoms with E-state index < -0.39 is 5.60 Å². The average molecular weight is 363 g/mol. The Morgan fingerprint density at radius 1 is 1.46 bits per heavy atom. The maximum Gasteiger partial charge on any atom is 0.303 e. The van der Waals surface area contributed by atoms with E-state index in [0.717, 1.165) is 12.0 Å². The smallest absolute Gasteiger partial charge is 0.303 e. The van der Waals surface area contributed by atoms with E-state index in [-0.39, 0.29) is 24.3 Å². The summed E-state index contributed by atoms with van der Waals surface area (Å²) in [5.41, 5.74) is 1.33. The molecule has 2 aliphatic heterocycles. The lowest BCUT2D eigenvalue weighted by Gasteiger charge is -2.42. The molecule has 0 aromatic rings. The van der Waals surface area contributed by atoms with E-state index in [4.69, 9.17) is 9.47 Å². The highest BCUT2D eigenvalue weighted by molar-refractivity contribution is 5.66. The van der Waals surface area contributed by atoms with Gasteiger partial charge in [0.1, 0.15) is 6.10 Å². The van der Waals surface area contributed by atoms with E-state index in [1.54, 1.807) is 0 Å². The number of carbonyl (C=O) groups excluding carboxylic acids is 1. The summed E-state index contributed by atoms with van der Waals surface area (Å²) in [5, 5.41) is 11.3. The van der Waals surface area contributed by atoms with Crippen LogP contribution in [0.2, 0.25) is 0 Å². The van der Waals surface area contributed by atoms with Gasteiger partial charge in [0.05, 0.1) is 17.8 Å². The first-order chi connectivity index (χ1) is 12.1. The van der Waals surface area contributed by atoms with Crippen molar-refractivity contribution in [1.82, 2.24) is 0 Å². The lowest BCUT2D eigenvalue weighted by Crippen LogP contribution is -2.48. The first-order valence-corrected chi connectivity index (χ1v) is 10.0. The summed E-state index contributed by atoms with van der Waals surface area (Å²) in [6.07, 6.45) is 4.71. The molecule has 7 atom stereocenters. The van der Waals surface area contributed by atoms with Crippen LogP contribution in [0.25, 0.3) is 0 Å². The number of esters is 1. The number of hydrogen-bond donors (Lipinski definition) is 1. The molecule has 0 aromatic carbocycles. The third-order valence-electron chi connectivity index (χ3n) is 6.83. The summed E-state index contributed by atoms with van der Waals surface area (Å²) >= 11 is 0. The van der Waals surface area contributed by atoms with Gasteiger partial charge < -0.3 is 14.6 Å². The summed E-state index contributed by atoms with van der Waals surface area (Å²) in [7, 11) is 0. The molecule has 0 radical (unpaired) electrons. The van der Waals surface area contributed by atoms with Gasteiger partial charge in [-0.3, -0.25) is 4.79 Å². The Bertz CT molecular complexity index is 603. The van der Waals surface area contributed by atoms with Crippen LogP contribution in [0.5, 0.6) is 0 Å². The Hall–Kier alpha value is -1.13.